The molecular formula is C22H22N6S. The third kappa shape index (κ3) is 3.99. The van der Waals surface area contributed by atoms with Crippen LogP contribution in [0.25, 0.3) is 16.8 Å². The largest absolute Gasteiger partial charge is 0.365 e. The Balaban J connectivity index is 1.71. The third-order valence-corrected chi connectivity index (χ3v) is 5.68. The van der Waals surface area contributed by atoms with Crippen LogP contribution >= 0.6 is 11.3 Å². The molecule has 0 aliphatic heterocycles. The van der Waals surface area contributed by atoms with Crippen molar-refractivity contribution in [1.82, 2.24) is 19.5 Å². The van der Waals surface area contributed by atoms with Crippen LogP contribution in [0.4, 0.5) is 5.82 Å². The first-order chi connectivity index (χ1) is 14.0. The molecule has 1 N–H and O–H groups in total. The van der Waals surface area contributed by atoms with E-state index in [2.05, 4.69) is 83.9 Å². The van der Waals surface area contributed by atoms with E-state index in [4.69, 9.17) is 0 Å². The minimum absolute atomic E-state index is 0.568. The molecule has 29 heavy (non-hydrogen) atoms. The molecule has 0 fully saturated rings. The molecule has 0 saturated heterocycles. The highest BCUT2D eigenvalue weighted by Crippen LogP contribution is 2.30. The number of nitrogens with zero attached hydrogens (tertiary/aromatic N) is 5. The number of benzene rings is 1. The van der Waals surface area contributed by atoms with E-state index in [-0.39, 0.29) is 0 Å². The summed E-state index contributed by atoms with van der Waals surface area (Å²) in [4.78, 5) is 4.62. The molecule has 6 nitrogen and oxygen atoms in total. The van der Waals surface area contributed by atoms with Crippen LogP contribution in [-0.2, 0) is 13.1 Å². The molecule has 7 heteroatoms. The maximum atomic E-state index is 9.78. The number of aromatic nitrogens is 3. The fourth-order valence-electron chi connectivity index (χ4n) is 3.37. The van der Waals surface area contributed by atoms with Crippen LogP contribution in [-0.4, -0.2) is 33.6 Å². The monoisotopic (exact) mass is 402 g/mol. The zero-order valence-electron chi connectivity index (χ0n) is 16.7. The van der Waals surface area contributed by atoms with Gasteiger partial charge >= 0.3 is 0 Å². The molecule has 3 heterocycles. The normalized spacial score (nSPS) is 11.1. The van der Waals surface area contributed by atoms with Gasteiger partial charge in [-0.3, -0.25) is 4.40 Å². The molecule has 0 aliphatic carbocycles. The van der Waals surface area contributed by atoms with Crippen LogP contribution in [0.1, 0.15) is 20.9 Å². The van der Waals surface area contributed by atoms with E-state index in [0.717, 1.165) is 23.3 Å². The van der Waals surface area contributed by atoms with Gasteiger partial charge in [-0.05, 0) is 50.3 Å². The summed E-state index contributed by atoms with van der Waals surface area (Å²) >= 11 is 1.74. The fraction of sp³-hybridized carbons (Fsp3) is 0.227. The van der Waals surface area contributed by atoms with E-state index in [9.17, 15) is 5.26 Å². The number of rotatable bonds is 6. The van der Waals surface area contributed by atoms with Crippen LogP contribution in [0.15, 0.2) is 48.8 Å². The van der Waals surface area contributed by atoms with Crippen molar-refractivity contribution < 1.29 is 0 Å². The fourth-order valence-corrected chi connectivity index (χ4v) is 4.20. The summed E-state index contributed by atoms with van der Waals surface area (Å²) in [5.41, 5.74) is 4.45. The van der Waals surface area contributed by atoms with Gasteiger partial charge < -0.3 is 10.2 Å². The van der Waals surface area contributed by atoms with Crippen molar-refractivity contribution in [3.8, 4) is 17.2 Å². The molecule has 4 rings (SSSR count). The SMILES string of the molecule is Cc1ccc(CNc2c(C#N)cc(-c3ccc(CN(C)C)cc3)c3nncn23)s1. The molecule has 1 aromatic carbocycles. The summed E-state index contributed by atoms with van der Waals surface area (Å²) in [5, 5.41) is 21.6. The Bertz CT molecular complexity index is 1180. The van der Waals surface area contributed by atoms with Crippen LogP contribution in [0.2, 0.25) is 0 Å². The number of hydrogen-bond donors (Lipinski definition) is 1. The quantitative estimate of drug-likeness (QED) is 0.520. The highest BCUT2D eigenvalue weighted by Gasteiger charge is 2.15. The van der Waals surface area contributed by atoms with Crippen LogP contribution in [0.5, 0.6) is 0 Å². The number of anilines is 1. The van der Waals surface area contributed by atoms with Crippen molar-refractivity contribution in [1.29, 1.82) is 5.26 Å². The van der Waals surface area contributed by atoms with Crippen molar-refractivity contribution >= 4 is 22.8 Å². The number of nitriles is 1. The average molecular weight is 403 g/mol. The Kier molecular flexibility index (Phi) is 5.30. The molecule has 4 aromatic rings. The predicted octanol–water partition coefficient (Wildman–Crippen LogP) is 4.31. The van der Waals surface area contributed by atoms with E-state index < -0.39 is 0 Å². The second-order valence-electron chi connectivity index (χ2n) is 7.26. The Morgan fingerprint density at radius 3 is 2.62 bits per heavy atom. The van der Waals surface area contributed by atoms with E-state index in [0.29, 0.717) is 17.9 Å². The summed E-state index contributed by atoms with van der Waals surface area (Å²) in [6, 6.07) is 16.8. The summed E-state index contributed by atoms with van der Waals surface area (Å²) < 4.78 is 1.86. The molecule has 0 atom stereocenters. The topological polar surface area (TPSA) is 69.2 Å². The average Bonchev–Trinajstić information content (AvgIpc) is 3.35. The van der Waals surface area contributed by atoms with Crippen molar-refractivity contribution in [2.75, 3.05) is 19.4 Å². The maximum Gasteiger partial charge on any atom is 0.170 e. The van der Waals surface area contributed by atoms with Gasteiger partial charge in [0.15, 0.2) is 5.65 Å². The highest BCUT2D eigenvalue weighted by molar-refractivity contribution is 7.11. The number of thiophene rings is 1. The minimum atomic E-state index is 0.568. The second-order valence-corrected chi connectivity index (χ2v) is 8.63. The molecule has 0 unspecified atom stereocenters. The van der Waals surface area contributed by atoms with Crippen LogP contribution in [0.3, 0.4) is 0 Å². The molecule has 0 radical (unpaired) electrons. The first-order valence-corrected chi connectivity index (χ1v) is 10.2. The van der Waals surface area contributed by atoms with Crippen LogP contribution in [0, 0.1) is 18.3 Å². The zero-order valence-corrected chi connectivity index (χ0v) is 17.5. The van der Waals surface area contributed by atoms with E-state index in [1.165, 1.54) is 15.3 Å². The lowest BCUT2D eigenvalue weighted by atomic mass is 10.0. The highest BCUT2D eigenvalue weighted by atomic mass is 32.1. The first kappa shape index (κ1) is 19.1. The number of nitrogens with one attached hydrogen (secondary N) is 1. The van der Waals surface area contributed by atoms with Crippen molar-refractivity contribution in [3.63, 3.8) is 0 Å². The lowest BCUT2D eigenvalue weighted by Gasteiger charge is -2.14. The van der Waals surface area contributed by atoms with Gasteiger partial charge in [-0.1, -0.05) is 24.3 Å². The standard InChI is InChI=1S/C22H22N6S/c1-15-4-9-19(29-15)12-24-21-18(11-23)10-20(22-26-25-14-28(21)22)17-7-5-16(6-8-17)13-27(2)3/h4-10,14,24H,12-13H2,1-3H3. The van der Waals surface area contributed by atoms with E-state index in [1.807, 2.05) is 10.5 Å². The zero-order chi connectivity index (χ0) is 20.4. The molecule has 3 aromatic heterocycles. The first-order valence-electron chi connectivity index (χ1n) is 9.35. The molecule has 146 valence electrons. The summed E-state index contributed by atoms with van der Waals surface area (Å²) in [5.74, 6) is 0.714. The van der Waals surface area contributed by atoms with Gasteiger partial charge in [-0.15, -0.1) is 21.5 Å². The lowest BCUT2D eigenvalue weighted by Crippen LogP contribution is -2.10. The van der Waals surface area contributed by atoms with Gasteiger partial charge in [-0.2, -0.15) is 5.26 Å². The molecule has 0 saturated carbocycles. The minimum Gasteiger partial charge on any atom is -0.365 e. The van der Waals surface area contributed by atoms with Gasteiger partial charge in [0.1, 0.15) is 18.2 Å². The molecule has 0 amide bonds. The second kappa shape index (κ2) is 8.03. The smallest absolute Gasteiger partial charge is 0.170 e. The van der Waals surface area contributed by atoms with Gasteiger partial charge in [0.25, 0.3) is 0 Å². The molecule has 0 spiro atoms. The summed E-state index contributed by atoms with van der Waals surface area (Å²) in [6.45, 7) is 3.62. The Labute approximate surface area is 174 Å². The number of fused-ring (bicyclic) bond motifs is 1. The summed E-state index contributed by atoms with van der Waals surface area (Å²) in [6.07, 6.45) is 1.65. The maximum absolute atomic E-state index is 9.78. The van der Waals surface area contributed by atoms with Crippen LogP contribution < -0.4 is 5.32 Å². The number of aryl methyl sites for hydroxylation is 1. The Morgan fingerprint density at radius 1 is 1.17 bits per heavy atom. The van der Waals surface area contributed by atoms with E-state index >= 15 is 0 Å². The summed E-state index contributed by atoms with van der Waals surface area (Å²) in [7, 11) is 4.10. The van der Waals surface area contributed by atoms with Gasteiger partial charge in [0, 0.05) is 21.9 Å². The van der Waals surface area contributed by atoms with Crippen molar-refractivity contribution in [2.24, 2.45) is 0 Å². The van der Waals surface area contributed by atoms with Gasteiger partial charge in [0.2, 0.25) is 0 Å². The van der Waals surface area contributed by atoms with E-state index in [1.54, 1.807) is 17.7 Å². The van der Waals surface area contributed by atoms with Gasteiger partial charge in [-0.25, -0.2) is 0 Å². The Morgan fingerprint density at radius 2 is 1.97 bits per heavy atom. The predicted molar refractivity (Wildman–Crippen MR) is 117 cm³/mol. The molecular weight excluding hydrogens is 380 g/mol. The Hall–Kier alpha value is -3.21. The lowest BCUT2D eigenvalue weighted by molar-refractivity contribution is 0.402. The van der Waals surface area contributed by atoms with Gasteiger partial charge in [0.05, 0.1) is 12.1 Å². The molecule has 0 bridgehead atoms. The number of pyridine rings is 1. The van der Waals surface area contributed by atoms with Crippen molar-refractivity contribution in [3.05, 3.63) is 69.7 Å². The molecule has 0 aliphatic rings. The van der Waals surface area contributed by atoms with Crippen molar-refractivity contribution in [2.45, 2.75) is 20.0 Å². The number of hydrogen-bond acceptors (Lipinski definition) is 6. The third-order valence-electron chi connectivity index (χ3n) is 4.68.